The first kappa shape index (κ1) is 19.1. The highest BCUT2D eigenvalue weighted by atomic mass is 35.5. The Morgan fingerprint density at radius 2 is 1.61 bits per heavy atom. The molecule has 1 saturated heterocycles. The van der Waals surface area contributed by atoms with Crippen molar-refractivity contribution in [2.75, 3.05) is 36.0 Å². The summed E-state index contributed by atoms with van der Waals surface area (Å²) in [7, 11) is 0. The van der Waals surface area contributed by atoms with Crippen molar-refractivity contribution in [3.8, 4) is 11.3 Å². The van der Waals surface area contributed by atoms with Crippen molar-refractivity contribution in [3.05, 3.63) is 64.5 Å². The van der Waals surface area contributed by atoms with Gasteiger partial charge in [0.15, 0.2) is 5.13 Å². The van der Waals surface area contributed by atoms with Gasteiger partial charge in [-0.1, -0.05) is 29.8 Å². The molecule has 4 rings (SSSR count). The Morgan fingerprint density at radius 3 is 2.29 bits per heavy atom. The Bertz CT molecular complexity index is 948. The lowest BCUT2D eigenvalue weighted by atomic mass is 10.1. The molecule has 2 aromatic carbocycles. The van der Waals surface area contributed by atoms with Crippen LogP contribution in [0.3, 0.4) is 0 Å². The SMILES string of the molecule is FC(F)(F)c1cccc(N2CCN(c3nc(-c4ccc(Cl)cc4)cs3)CC2)c1. The molecule has 0 N–H and O–H groups in total. The van der Waals surface area contributed by atoms with Gasteiger partial charge < -0.3 is 9.80 Å². The molecule has 0 spiro atoms. The van der Waals surface area contributed by atoms with Crippen LogP contribution in [0.25, 0.3) is 11.3 Å². The molecule has 0 unspecified atom stereocenters. The molecule has 0 aliphatic carbocycles. The van der Waals surface area contributed by atoms with Crippen LogP contribution >= 0.6 is 22.9 Å². The summed E-state index contributed by atoms with van der Waals surface area (Å²) in [6.45, 7) is 2.72. The monoisotopic (exact) mass is 423 g/mol. The van der Waals surface area contributed by atoms with E-state index in [1.807, 2.05) is 34.5 Å². The molecule has 146 valence electrons. The molecule has 0 saturated carbocycles. The van der Waals surface area contributed by atoms with E-state index in [1.165, 1.54) is 12.1 Å². The molecule has 2 heterocycles. The minimum absolute atomic E-state index is 0.607. The molecule has 0 amide bonds. The molecule has 1 aliphatic heterocycles. The van der Waals surface area contributed by atoms with Crippen LogP contribution in [0.4, 0.5) is 24.0 Å². The summed E-state index contributed by atoms with van der Waals surface area (Å²) < 4.78 is 38.8. The number of alkyl halides is 3. The average Bonchev–Trinajstić information content (AvgIpc) is 3.18. The number of hydrogen-bond donors (Lipinski definition) is 0. The maximum atomic E-state index is 12.9. The van der Waals surface area contributed by atoms with Crippen LogP contribution in [0, 0.1) is 0 Å². The van der Waals surface area contributed by atoms with Gasteiger partial charge in [0.05, 0.1) is 11.3 Å². The molecule has 0 radical (unpaired) electrons. The first-order chi connectivity index (χ1) is 13.4. The van der Waals surface area contributed by atoms with Crippen molar-refractivity contribution < 1.29 is 13.2 Å². The fraction of sp³-hybridized carbons (Fsp3) is 0.250. The Labute approximate surface area is 170 Å². The van der Waals surface area contributed by atoms with E-state index in [-0.39, 0.29) is 0 Å². The standard InChI is InChI=1S/C20H17ClF3N3S/c21-16-6-4-14(5-7-16)18-13-28-19(25-18)27-10-8-26(9-11-27)17-3-1-2-15(12-17)20(22,23)24/h1-7,12-13H,8-11H2. The molecular weight excluding hydrogens is 407 g/mol. The molecule has 8 heteroatoms. The summed E-state index contributed by atoms with van der Waals surface area (Å²) in [6.07, 6.45) is -4.32. The van der Waals surface area contributed by atoms with Gasteiger partial charge in [0.2, 0.25) is 0 Å². The Kier molecular flexibility index (Phi) is 5.21. The minimum atomic E-state index is -4.32. The molecule has 1 fully saturated rings. The van der Waals surface area contributed by atoms with Crippen molar-refractivity contribution in [1.82, 2.24) is 4.98 Å². The van der Waals surface area contributed by atoms with E-state index in [2.05, 4.69) is 4.90 Å². The van der Waals surface area contributed by atoms with Crippen molar-refractivity contribution in [1.29, 1.82) is 0 Å². The number of nitrogens with zero attached hydrogens (tertiary/aromatic N) is 3. The maximum absolute atomic E-state index is 12.9. The number of halogens is 4. The molecule has 0 atom stereocenters. The maximum Gasteiger partial charge on any atom is 0.416 e. The van der Waals surface area contributed by atoms with Gasteiger partial charge in [-0.05, 0) is 30.3 Å². The van der Waals surface area contributed by atoms with Gasteiger partial charge in [0.25, 0.3) is 0 Å². The summed E-state index contributed by atoms with van der Waals surface area (Å²) in [5, 5.41) is 3.62. The third-order valence-corrected chi connectivity index (χ3v) is 5.87. The fourth-order valence-corrected chi connectivity index (χ4v) is 4.21. The van der Waals surface area contributed by atoms with E-state index < -0.39 is 11.7 Å². The van der Waals surface area contributed by atoms with E-state index in [4.69, 9.17) is 16.6 Å². The van der Waals surface area contributed by atoms with Crippen molar-refractivity contribution in [2.45, 2.75) is 6.18 Å². The number of benzene rings is 2. The van der Waals surface area contributed by atoms with Gasteiger partial charge in [-0.25, -0.2) is 4.98 Å². The van der Waals surface area contributed by atoms with Crippen molar-refractivity contribution in [3.63, 3.8) is 0 Å². The molecule has 1 aromatic heterocycles. The normalized spacial score (nSPS) is 15.1. The second-order valence-corrected chi connectivity index (χ2v) is 7.82. The molecule has 1 aliphatic rings. The Balaban J connectivity index is 1.43. The average molecular weight is 424 g/mol. The second-order valence-electron chi connectivity index (χ2n) is 6.54. The van der Waals surface area contributed by atoms with Gasteiger partial charge in [0, 0.05) is 47.8 Å². The van der Waals surface area contributed by atoms with Gasteiger partial charge in [-0.15, -0.1) is 11.3 Å². The van der Waals surface area contributed by atoms with Crippen LogP contribution in [0.15, 0.2) is 53.9 Å². The number of rotatable bonds is 3. The van der Waals surface area contributed by atoms with Crippen LogP contribution < -0.4 is 9.80 Å². The zero-order valence-electron chi connectivity index (χ0n) is 14.8. The topological polar surface area (TPSA) is 19.4 Å². The summed E-state index contributed by atoms with van der Waals surface area (Å²) >= 11 is 7.50. The summed E-state index contributed by atoms with van der Waals surface area (Å²) in [5.74, 6) is 0. The largest absolute Gasteiger partial charge is 0.416 e. The fourth-order valence-electron chi connectivity index (χ4n) is 3.20. The zero-order valence-corrected chi connectivity index (χ0v) is 16.4. The molecule has 0 bridgehead atoms. The predicted molar refractivity (Wildman–Crippen MR) is 108 cm³/mol. The van der Waals surface area contributed by atoms with Gasteiger partial charge in [-0.2, -0.15) is 13.2 Å². The number of aromatic nitrogens is 1. The van der Waals surface area contributed by atoms with E-state index in [0.29, 0.717) is 36.9 Å². The molecule has 3 aromatic rings. The summed E-state index contributed by atoms with van der Waals surface area (Å²) in [4.78, 5) is 8.87. The Hall–Kier alpha value is -2.25. The highest BCUT2D eigenvalue weighted by Crippen LogP contribution is 2.33. The number of hydrogen-bond acceptors (Lipinski definition) is 4. The number of anilines is 2. The highest BCUT2D eigenvalue weighted by Gasteiger charge is 2.31. The summed E-state index contributed by atoms with van der Waals surface area (Å²) in [6, 6.07) is 13.1. The number of piperazine rings is 1. The lowest BCUT2D eigenvalue weighted by Gasteiger charge is -2.36. The van der Waals surface area contributed by atoms with Crippen molar-refractivity contribution in [2.24, 2.45) is 0 Å². The first-order valence-corrected chi connectivity index (χ1v) is 10.0. The van der Waals surface area contributed by atoms with E-state index >= 15 is 0 Å². The third-order valence-electron chi connectivity index (χ3n) is 4.72. The lowest BCUT2D eigenvalue weighted by molar-refractivity contribution is -0.137. The molecule has 28 heavy (non-hydrogen) atoms. The van der Waals surface area contributed by atoms with E-state index in [1.54, 1.807) is 17.4 Å². The highest BCUT2D eigenvalue weighted by molar-refractivity contribution is 7.14. The van der Waals surface area contributed by atoms with Crippen LogP contribution in [-0.2, 0) is 6.18 Å². The molecule has 3 nitrogen and oxygen atoms in total. The van der Waals surface area contributed by atoms with Gasteiger partial charge in [-0.3, -0.25) is 0 Å². The summed E-state index contributed by atoms with van der Waals surface area (Å²) in [5.41, 5.74) is 1.90. The molecular formula is C20H17ClF3N3S. The van der Waals surface area contributed by atoms with Crippen LogP contribution in [0.2, 0.25) is 5.02 Å². The van der Waals surface area contributed by atoms with Crippen LogP contribution in [0.5, 0.6) is 0 Å². The predicted octanol–water partition coefficient (Wildman–Crippen LogP) is 5.81. The van der Waals surface area contributed by atoms with E-state index in [9.17, 15) is 13.2 Å². The zero-order chi connectivity index (χ0) is 19.7. The van der Waals surface area contributed by atoms with Crippen molar-refractivity contribution >= 4 is 33.8 Å². The van der Waals surface area contributed by atoms with Gasteiger partial charge in [0.1, 0.15) is 0 Å². The van der Waals surface area contributed by atoms with E-state index in [0.717, 1.165) is 22.5 Å². The Morgan fingerprint density at radius 1 is 0.929 bits per heavy atom. The van der Waals surface area contributed by atoms with Gasteiger partial charge >= 0.3 is 6.18 Å². The third kappa shape index (κ3) is 4.10. The lowest BCUT2D eigenvalue weighted by Crippen LogP contribution is -2.46. The second kappa shape index (κ2) is 7.64. The number of thiazole rings is 1. The smallest absolute Gasteiger partial charge is 0.368 e. The minimum Gasteiger partial charge on any atom is -0.368 e. The quantitative estimate of drug-likeness (QED) is 0.530. The first-order valence-electron chi connectivity index (χ1n) is 8.79. The van der Waals surface area contributed by atoms with Crippen LogP contribution in [0.1, 0.15) is 5.56 Å². The van der Waals surface area contributed by atoms with Crippen LogP contribution in [-0.4, -0.2) is 31.2 Å².